The molecule has 1 amide bonds. The number of hydrogen-bond donors (Lipinski definition) is 2. The van der Waals surface area contributed by atoms with Crippen molar-refractivity contribution in [2.24, 2.45) is 0 Å². The van der Waals surface area contributed by atoms with Gasteiger partial charge in [-0.05, 0) is 29.7 Å². The highest BCUT2D eigenvalue weighted by Crippen LogP contribution is 2.13. The number of carbonyl (C=O) groups excluding carboxylic acids is 1. The molecule has 1 atom stereocenters. The number of carbonyl (C=O) groups is 2. The third-order valence-electron chi connectivity index (χ3n) is 4.22. The highest BCUT2D eigenvalue weighted by Gasteiger charge is 2.20. The number of amides is 1. The molecular formula is C20H23NO5S. The molecule has 0 aromatic heterocycles. The lowest BCUT2D eigenvalue weighted by Gasteiger charge is -2.14. The van der Waals surface area contributed by atoms with Gasteiger partial charge in [-0.2, -0.15) is 0 Å². The van der Waals surface area contributed by atoms with Crippen LogP contribution in [0, 0.1) is 0 Å². The first-order valence-corrected chi connectivity index (χ1v) is 10.3. The number of aliphatic carboxylic acids is 1. The molecular weight excluding hydrogens is 366 g/mol. The molecule has 0 saturated heterocycles. The molecule has 0 aliphatic rings. The smallest absolute Gasteiger partial charge is 0.326 e. The molecule has 0 aliphatic carbocycles. The topological polar surface area (TPSA) is 101 Å². The van der Waals surface area contributed by atoms with Crippen molar-refractivity contribution < 1.29 is 23.1 Å². The molecule has 0 spiro atoms. The van der Waals surface area contributed by atoms with Crippen molar-refractivity contribution in [3.05, 3.63) is 65.7 Å². The minimum atomic E-state index is -3.25. The highest BCUT2D eigenvalue weighted by atomic mass is 32.2. The molecule has 0 aliphatic heterocycles. The van der Waals surface area contributed by atoms with Gasteiger partial charge in [0.25, 0.3) is 0 Å². The number of carboxylic acid groups (broad SMARTS) is 1. The molecule has 0 fully saturated rings. The van der Waals surface area contributed by atoms with E-state index in [1.165, 1.54) is 12.1 Å². The van der Waals surface area contributed by atoms with Crippen molar-refractivity contribution in [2.75, 3.05) is 5.75 Å². The highest BCUT2D eigenvalue weighted by molar-refractivity contribution is 7.91. The second kappa shape index (κ2) is 9.32. The minimum Gasteiger partial charge on any atom is -0.480 e. The van der Waals surface area contributed by atoms with E-state index >= 15 is 0 Å². The Morgan fingerprint density at radius 1 is 1.00 bits per heavy atom. The summed E-state index contributed by atoms with van der Waals surface area (Å²) in [5.74, 6) is -1.41. The first-order valence-electron chi connectivity index (χ1n) is 8.69. The van der Waals surface area contributed by atoms with Gasteiger partial charge in [0.15, 0.2) is 9.84 Å². The van der Waals surface area contributed by atoms with Gasteiger partial charge in [-0.1, -0.05) is 49.4 Å². The summed E-state index contributed by atoms with van der Waals surface area (Å²) in [5, 5.41) is 11.9. The Kier molecular flexibility index (Phi) is 7.12. The Hall–Kier alpha value is -2.67. The Balaban J connectivity index is 1.91. The zero-order valence-corrected chi connectivity index (χ0v) is 15.9. The zero-order chi connectivity index (χ0) is 19.9. The zero-order valence-electron chi connectivity index (χ0n) is 15.1. The molecule has 2 aromatic carbocycles. The van der Waals surface area contributed by atoms with Crippen LogP contribution in [-0.2, 0) is 32.3 Å². The maximum Gasteiger partial charge on any atom is 0.326 e. The summed E-state index contributed by atoms with van der Waals surface area (Å²) in [5.41, 5.74) is 1.65. The summed E-state index contributed by atoms with van der Waals surface area (Å²) < 4.78 is 23.6. The second-order valence-corrected chi connectivity index (χ2v) is 8.47. The predicted molar refractivity (Wildman–Crippen MR) is 102 cm³/mol. The molecule has 2 N–H and O–H groups in total. The number of carboxylic acids is 1. The number of benzene rings is 2. The third-order valence-corrected chi connectivity index (χ3v) is 5.97. The van der Waals surface area contributed by atoms with E-state index in [0.717, 1.165) is 11.1 Å². The Labute approximate surface area is 159 Å². The molecule has 0 bridgehead atoms. The van der Waals surface area contributed by atoms with Crippen LogP contribution < -0.4 is 5.32 Å². The van der Waals surface area contributed by atoms with E-state index in [9.17, 15) is 23.1 Å². The molecule has 6 nitrogen and oxygen atoms in total. The van der Waals surface area contributed by atoms with Crippen molar-refractivity contribution in [3.8, 4) is 0 Å². The van der Waals surface area contributed by atoms with Crippen LogP contribution in [0.2, 0.25) is 0 Å². The van der Waals surface area contributed by atoms with Crippen LogP contribution in [-0.4, -0.2) is 37.2 Å². The molecule has 27 heavy (non-hydrogen) atoms. The maximum atomic E-state index is 12.1. The van der Waals surface area contributed by atoms with Crippen molar-refractivity contribution in [2.45, 2.75) is 37.1 Å². The fourth-order valence-corrected chi connectivity index (χ4v) is 3.49. The summed E-state index contributed by atoms with van der Waals surface area (Å²) in [4.78, 5) is 23.8. The lowest BCUT2D eigenvalue weighted by molar-refractivity contribution is -0.141. The number of sulfone groups is 1. The van der Waals surface area contributed by atoms with Gasteiger partial charge in [0.2, 0.25) is 5.91 Å². The first-order chi connectivity index (χ1) is 12.8. The van der Waals surface area contributed by atoms with Gasteiger partial charge >= 0.3 is 5.97 Å². The molecule has 7 heteroatoms. The molecule has 2 rings (SSSR count). The van der Waals surface area contributed by atoms with E-state index in [1.54, 1.807) is 19.1 Å². The quantitative estimate of drug-likeness (QED) is 0.685. The van der Waals surface area contributed by atoms with E-state index in [4.69, 9.17) is 0 Å². The largest absolute Gasteiger partial charge is 0.480 e. The van der Waals surface area contributed by atoms with E-state index in [1.807, 2.05) is 30.3 Å². The van der Waals surface area contributed by atoms with E-state index in [-0.39, 0.29) is 29.4 Å². The second-order valence-electron chi connectivity index (χ2n) is 6.20. The molecule has 0 radical (unpaired) electrons. The number of nitrogens with one attached hydrogen (secondary N) is 1. The van der Waals surface area contributed by atoms with Crippen LogP contribution in [0.4, 0.5) is 0 Å². The van der Waals surface area contributed by atoms with Crippen LogP contribution in [0.25, 0.3) is 0 Å². The summed E-state index contributed by atoms with van der Waals surface area (Å²) in [6, 6.07) is 14.5. The Morgan fingerprint density at radius 3 is 2.19 bits per heavy atom. The van der Waals surface area contributed by atoms with Crippen LogP contribution in [0.5, 0.6) is 0 Å². The average Bonchev–Trinajstić information content (AvgIpc) is 2.67. The third kappa shape index (κ3) is 6.21. The SMILES string of the molecule is CCS(=O)(=O)c1ccc(CCC(=O)N[C@@H](Cc2ccccc2)C(=O)O)cc1. The maximum absolute atomic E-state index is 12.1. The summed E-state index contributed by atoms with van der Waals surface area (Å²) in [7, 11) is -3.25. The summed E-state index contributed by atoms with van der Waals surface area (Å²) in [6.45, 7) is 1.59. The van der Waals surface area contributed by atoms with E-state index in [0.29, 0.717) is 6.42 Å². The van der Waals surface area contributed by atoms with E-state index < -0.39 is 21.8 Å². The van der Waals surface area contributed by atoms with Gasteiger partial charge in [0.05, 0.1) is 10.6 Å². The van der Waals surface area contributed by atoms with Crippen molar-refractivity contribution >= 4 is 21.7 Å². The number of hydrogen-bond acceptors (Lipinski definition) is 4. The molecule has 144 valence electrons. The number of rotatable bonds is 9. The monoisotopic (exact) mass is 389 g/mol. The van der Waals surface area contributed by atoms with Gasteiger partial charge in [0.1, 0.15) is 6.04 Å². The molecule has 0 saturated carbocycles. The first kappa shape index (κ1) is 20.6. The van der Waals surface area contributed by atoms with Crippen LogP contribution in [0.1, 0.15) is 24.5 Å². The standard InChI is InChI=1S/C20H23NO5S/c1-2-27(25,26)17-11-8-15(9-12-17)10-13-19(22)21-18(20(23)24)14-16-6-4-3-5-7-16/h3-9,11-12,18H,2,10,13-14H2,1H3,(H,21,22)(H,23,24)/t18-/m0/s1. The van der Waals surface area contributed by atoms with Gasteiger partial charge in [-0.15, -0.1) is 0 Å². The minimum absolute atomic E-state index is 0.0345. The fourth-order valence-electron chi connectivity index (χ4n) is 2.60. The lowest BCUT2D eigenvalue weighted by atomic mass is 10.1. The van der Waals surface area contributed by atoms with Crippen LogP contribution >= 0.6 is 0 Å². The van der Waals surface area contributed by atoms with Crippen molar-refractivity contribution in [3.63, 3.8) is 0 Å². The molecule has 2 aromatic rings. The van der Waals surface area contributed by atoms with Crippen molar-refractivity contribution in [1.82, 2.24) is 5.32 Å². The normalized spacial score (nSPS) is 12.3. The van der Waals surface area contributed by atoms with Gasteiger partial charge in [0, 0.05) is 12.8 Å². The van der Waals surface area contributed by atoms with Crippen LogP contribution in [0.15, 0.2) is 59.5 Å². The Morgan fingerprint density at radius 2 is 1.63 bits per heavy atom. The predicted octanol–water partition coefficient (Wildman–Crippen LogP) is 2.22. The van der Waals surface area contributed by atoms with Gasteiger partial charge in [-0.3, -0.25) is 4.79 Å². The number of aryl methyl sites for hydroxylation is 1. The fraction of sp³-hybridized carbons (Fsp3) is 0.300. The lowest BCUT2D eigenvalue weighted by Crippen LogP contribution is -2.42. The summed E-state index contributed by atoms with van der Waals surface area (Å²) in [6.07, 6.45) is 0.736. The Bertz CT molecular complexity index is 876. The van der Waals surface area contributed by atoms with E-state index in [2.05, 4.69) is 5.32 Å². The summed E-state index contributed by atoms with van der Waals surface area (Å²) >= 11 is 0. The van der Waals surface area contributed by atoms with Crippen molar-refractivity contribution in [1.29, 1.82) is 0 Å². The molecule has 0 heterocycles. The van der Waals surface area contributed by atoms with Crippen LogP contribution in [0.3, 0.4) is 0 Å². The molecule has 0 unspecified atom stereocenters. The van der Waals surface area contributed by atoms with Gasteiger partial charge < -0.3 is 10.4 Å². The van der Waals surface area contributed by atoms with Gasteiger partial charge in [-0.25, -0.2) is 13.2 Å². The average molecular weight is 389 g/mol.